The number of hydrogen-bond donors (Lipinski definition) is 0. The molecule has 1 aromatic carbocycles. The number of hydrogen-bond acceptors (Lipinski definition) is 4. The Bertz CT molecular complexity index is 507. The Morgan fingerprint density at radius 3 is 2.71 bits per heavy atom. The van der Waals surface area contributed by atoms with Gasteiger partial charge in [0.15, 0.2) is 0 Å². The lowest BCUT2D eigenvalue weighted by Gasteiger charge is -2.41. The van der Waals surface area contributed by atoms with E-state index in [9.17, 15) is 4.79 Å². The molecule has 0 aliphatic carbocycles. The summed E-state index contributed by atoms with van der Waals surface area (Å²) < 4.78 is 5.19. The van der Waals surface area contributed by atoms with E-state index in [2.05, 4.69) is 43.0 Å². The van der Waals surface area contributed by atoms with Gasteiger partial charge in [0.1, 0.15) is 0 Å². The molecule has 1 aromatic rings. The summed E-state index contributed by atoms with van der Waals surface area (Å²) in [5.41, 5.74) is 2.56. The number of methoxy groups -OCH3 is 1. The summed E-state index contributed by atoms with van der Waals surface area (Å²) in [5, 5.41) is 0. The van der Waals surface area contributed by atoms with Crippen LogP contribution in [0.25, 0.3) is 0 Å². The van der Waals surface area contributed by atoms with E-state index in [1.54, 1.807) is 18.9 Å². The first-order valence-electron chi connectivity index (χ1n) is 8.78. The van der Waals surface area contributed by atoms with Crippen LogP contribution in [-0.4, -0.2) is 67.4 Å². The van der Waals surface area contributed by atoms with Gasteiger partial charge in [-0.05, 0) is 18.9 Å². The molecule has 0 N–H and O–H groups in total. The number of rotatable bonds is 8. The third-order valence-electron chi connectivity index (χ3n) is 4.63. The van der Waals surface area contributed by atoms with Crippen LogP contribution in [0.2, 0.25) is 0 Å². The maximum atomic E-state index is 12.5. The first-order valence-corrected chi connectivity index (χ1v) is 9.93. The monoisotopic (exact) mass is 350 g/mol. The summed E-state index contributed by atoms with van der Waals surface area (Å²) in [5.74, 6) is 1.75. The highest BCUT2D eigenvalue weighted by molar-refractivity contribution is 7.99. The van der Waals surface area contributed by atoms with Crippen molar-refractivity contribution in [2.45, 2.75) is 32.1 Å². The number of benzene rings is 1. The van der Waals surface area contributed by atoms with Crippen LogP contribution < -0.4 is 0 Å². The summed E-state index contributed by atoms with van der Waals surface area (Å²) in [6.07, 6.45) is 1.07. The van der Waals surface area contributed by atoms with Crippen LogP contribution in [0.3, 0.4) is 0 Å². The van der Waals surface area contributed by atoms with Crippen LogP contribution in [0, 0.1) is 6.92 Å². The van der Waals surface area contributed by atoms with E-state index in [0.717, 1.165) is 45.0 Å². The summed E-state index contributed by atoms with van der Waals surface area (Å²) >= 11 is 1.71. The predicted octanol–water partition coefficient (Wildman–Crippen LogP) is 2.80. The fourth-order valence-electron chi connectivity index (χ4n) is 3.04. The van der Waals surface area contributed by atoms with Crippen LogP contribution >= 0.6 is 11.8 Å². The van der Waals surface area contributed by atoms with Crippen molar-refractivity contribution in [1.29, 1.82) is 0 Å². The van der Waals surface area contributed by atoms with Gasteiger partial charge in [-0.1, -0.05) is 36.8 Å². The molecule has 5 heteroatoms. The number of aryl methyl sites for hydroxylation is 1. The molecule has 1 amide bonds. The molecule has 0 bridgehead atoms. The Kier molecular flexibility index (Phi) is 8.09. The Morgan fingerprint density at radius 1 is 1.29 bits per heavy atom. The summed E-state index contributed by atoms with van der Waals surface area (Å²) in [6, 6.07) is 9.01. The maximum absolute atomic E-state index is 12.5. The molecule has 134 valence electrons. The van der Waals surface area contributed by atoms with Gasteiger partial charge in [-0.25, -0.2) is 0 Å². The SMILES string of the molecule is CCC1CN(C(=O)CSCc2ccc(C)cc2)CCN1CCOC. The lowest BCUT2D eigenvalue weighted by molar-refractivity contribution is -0.131. The number of carbonyl (C=O) groups is 1. The summed E-state index contributed by atoms with van der Waals surface area (Å²) in [7, 11) is 1.74. The van der Waals surface area contributed by atoms with Crippen LogP contribution in [0.4, 0.5) is 0 Å². The maximum Gasteiger partial charge on any atom is 0.232 e. The standard InChI is InChI=1S/C19H30N2O2S/c1-4-18-13-21(10-9-20(18)11-12-23-3)19(22)15-24-14-17-7-5-16(2)6-8-17/h5-8,18H,4,9-15H2,1-3H3. The highest BCUT2D eigenvalue weighted by atomic mass is 32.2. The second-order valence-electron chi connectivity index (χ2n) is 6.41. The van der Waals surface area contributed by atoms with Crippen molar-refractivity contribution in [3.05, 3.63) is 35.4 Å². The van der Waals surface area contributed by atoms with Gasteiger partial charge in [-0.3, -0.25) is 9.69 Å². The lowest BCUT2D eigenvalue weighted by atomic mass is 10.1. The molecule has 1 fully saturated rings. The molecule has 24 heavy (non-hydrogen) atoms. The molecule has 2 rings (SSSR count). The van der Waals surface area contributed by atoms with Crippen molar-refractivity contribution >= 4 is 17.7 Å². The van der Waals surface area contributed by atoms with Gasteiger partial charge in [-0.15, -0.1) is 11.8 Å². The smallest absolute Gasteiger partial charge is 0.232 e. The summed E-state index contributed by atoms with van der Waals surface area (Å²) in [4.78, 5) is 17.0. The molecule has 1 saturated heterocycles. The fraction of sp³-hybridized carbons (Fsp3) is 0.632. The third-order valence-corrected chi connectivity index (χ3v) is 5.61. The number of thioether (sulfide) groups is 1. The Labute approximate surface area is 150 Å². The van der Waals surface area contributed by atoms with E-state index < -0.39 is 0 Å². The van der Waals surface area contributed by atoms with E-state index in [1.165, 1.54) is 11.1 Å². The first-order chi connectivity index (χ1) is 11.6. The van der Waals surface area contributed by atoms with E-state index in [1.807, 2.05) is 4.90 Å². The number of carbonyl (C=O) groups excluding carboxylic acids is 1. The Hall–Kier alpha value is -1.04. The minimum absolute atomic E-state index is 0.275. The van der Waals surface area contributed by atoms with Gasteiger partial charge >= 0.3 is 0 Å². The third kappa shape index (κ3) is 5.80. The molecule has 4 nitrogen and oxygen atoms in total. The second kappa shape index (κ2) is 10.1. The van der Waals surface area contributed by atoms with E-state index in [0.29, 0.717) is 11.8 Å². The summed E-state index contributed by atoms with van der Waals surface area (Å²) in [6.45, 7) is 8.65. The van der Waals surface area contributed by atoms with Crippen molar-refractivity contribution in [3.8, 4) is 0 Å². The van der Waals surface area contributed by atoms with Gasteiger partial charge in [0.05, 0.1) is 12.4 Å². The molecular weight excluding hydrogens is 320 g/mol. The van der Waals surface area contributed by atoms with Gasteiger partial charge in [0.25, 0.3) is 0 Å². The van der Waals surface area contributed by atoms with E-state index >= 15 is 0 Å². The molecule has 1 aliphatic heterocycles. The number of amides is 1. The Morgan fingerprint density at radius 2 is 2.04 bits per heavy atom. The van der Waals surface area contributed by atoms with Gasteiger partial charge in [-0.2, -0.15) is 0 Å². The van der Waals surface area contributed by atoms with Gasteiger partial charge in [0, 0.05) is 45.1 Å². The molecular formula is C19H30N2O2S. The molecule has 0 radical (unpaired) electrons. The van der Waals surface area contributed by atoms with Crippen LogP contribution in [0.5, 0.6) is 0 Å². The number of nitrogens with zero attached hydrogens (tertiary/aromatic N) is 2. The average Bonchev–Trinajstić information content (AvgIpc) is 2.61. The predicted molar refractivity (Wildman–Crippen MR) is 101 cm³/mol. The molecule has 0 saturated carbocycles. The van der Waals surface area contributed by atoms with E-state index in [4.69, 9.17) is 4.74 Å². The zero-order valence-corrected chi connectivity index (χ0v) is 16.0. The molecule has 1 heterocycles. The van der Waals surface area contributed by atoms with Gasteiger partial charge in [0.2, 0.25) is 5.91 Å². The molecule has 0 aromatic heterocycles. The van der Waals surface area contributed by atoms with Crippen LogP contribution in [0.15, 0.2) is 24.3 Å². The average molecular weight is 351 g/mol. The van der Waals surface area contributed by atoms with Crippen LogP contribution in [0.1, 0.15) is 24.5 Å². The van der Waals surface area contributed by atoms with Crippen molar-refractivity contribution < 1.29 is 9.53 Å². The van der Waals surface area contributed by atoms with Crippen LogP contribution in [-0.2, 0) is 15.3 Å². The highest BCUT2D eigenvalue weighted by Crippen LogP contribution is 2.17. The Balaban J connectivity index is 1.75. The minimum atomic E-state index is 0.275. The number of piperazine rings is 1. The fourth-order valence-corrected chi connectivity index (χ4v) is 3.93. The molecule has 1 aliphatic rings. The van der Waals surface area contributed by atoms with Gasteiger partial charge < -0.3 is 9.64 Å². The van der Waals surface area contributed by atoms with Crippen molar-refractivity contribution in [1.82, 2.24) is 9.80 Å². The topological polar surface area (TPSA) is 32.8 Å². The van der Waals surface area contributed by atoms with Crippen molar-refractivity contribution in [3.63, 3.8) is 0 Å². The number of ether oxygens (including phenoxy) is 1. The van der Waals surface area contributed by atoms with Crippen molar-refractivity contribution in [2.75, 3.05) is 45.6 Å². The normalized spacial score (nSPS) is 18.8. The highest BCUT2D eigenvalue weighted by Gasteiger charge is 2.27. The zero-order chi connectivity index (χ0) is 17.4. The zero-order valence-electron chi connectivity index (χ0n) is 15.2. The lowest BCUT2D eigenvalue weighted by Crippen LogP contribution is -2.55. The largest absolute Gasteiger partial charge is 0.383 e. The first kappa shape index (κ1) is 19.3. The minimum Gasteiger partial charge on any atom is -0.383 e. The molecule has 0 spiro atoms. The molecule has 1 atom stereocenters. The molecule has 1 unspecified atom stereocenters. The van der Waals surface area contributed by atoms with E-state index in [-0.39, 0.29) is 5.91 Å². The van der Waals surface area contributed by atoms with Crippen molar-refractivity contribution in [2.24, 2.45) is 0 Å². The quantitative estimate of drug-likeness (QED) is 0.722. The second-order valence-corrected chi connectivity index (χ2v) is 7.39.